The summed E-state index contributed by atoms with van der Waals surface area (Å²) < 4.78 is 6.62. The summed E-state index contributed by atoms with van der Waals surface area (Å²) in [6.45, 7) is 6.01. The van der Waals surface area contributed by atoms with Crippen molar-refractivity contribution in [1.82, 2.24) is 10.2 Å². The number of carbonyl (C=O) groups is 2. The molecule has 25 heavy (non-hydrogen) atoms. The number of fused-ring (bicyclic) bond motifs is 1. The van der Waals surface area contributed by atoms with Gasteiger partial charge in [-0.25, -0.2) is 0 Å². The maximum absolute atomic E-state index is 12.4. The van der Waals surface area contributed by atoms with Crippen molar-refractivity contribution in [2.75, 3.05) is 19.6 Å². The van der Waals surface area contributed by atoms with E-state index in [1.165, 1.54) is 6.42 Å². The molecule has 3 rings (SSSR count). The van der Waals surface area contributed by atoms with Gasteiger partial charge in [0.15, 0.2) is 5.76 Å². The molecule has 0 spiro atoms. The Morgan fingerprint density at radius 1 is 1.40 bits per heavy atom. The summed E-state index contributed by atoms with van der Waals surface area (Å²) in [5.41, 5.74) is 1.49. The van der Waals surface area contributed by atoms with Gasteiger partial charge in [0.1, 0.15) is 5.58 Å². The van der Waals surface area contributed by atoms with Gasteiger partial charge in [-0.2, -0.15) is 0 Å². The number of benzene rings is 1. The molecule has 1 aromatic heterocycles. The van der Waals surface area contributed by atoms with Crippen molar-refractivity contribution >= 4 is 38.7 Å². The van der Waals surface area contributed by atoms with Crippen molar-refractivity contribution in [3.63, 3.8) is 0 Å². The Bertz CT molecular complexity index is 799. The Morgan fingerprint density at radius 3 is 2.96 bits per heavy atom. The molecule has 1 aliphatic heterocycles. The predicted molar refractivity (Wildman–Crippen MR) is 101 cm³/mol. The molecule has 2 aromatic rings. The molecule has 2 amide bonds. The second-order valence-corrected chi connectivity index (χ2v) is 7.71. The molecule has 1 fully saturated rings. The number of nitrogens with zero attached hydrogens (tertiary/aromatic N) is 1. The predicted octanol–water partition coefficient (Wildman–Crippen LogP) is 3.88. The summed E-state index contributed by atoms with van der Waals surface area (Å²) >= 11 is 3.43. The highest BCUT2D eigenvalue weighted by Crippen LogP contribution is 2.28. The third-order valence-corrected chi connectivity index (χ3v) is 5.23. The van der Waals surface area contributed by atoms with Crippen molar-refractivity contribution in [2.24, 2.45) is 5.92 Å². The number of rotatable bonds is 4. The van der Waals surface area contributed by atoms with Gasteiger partial charge in [0.05, 0.1) is 0 Å². The SMILES string of the molecule is Cc1c(C(=O)NCCC(=O)N2CCCC(C)C2)oc2ccc(Br)cc12. The molecule has 1 unspecified atom stereocenters. The first-order valence-electron chi connectivity index (χ1n) is 8.70. The van der Waals surface area contributed by atoms with Crippen molar-refractivity contribution in [1.29, 1.82) is 0 Å². The molecular weight excluding hydrogens is 384 g/mol. The zero-order valence-corrected chi connectivity index (χ0v) is 16.2. The van der Waals surface area contributed by atoms with Crippen molar-refractivity contribution in [3.8, 4) is 0 Å². The van der Waals surface area contributed by atoms with E-state index in [0.717, 1.165) is 34.9 Å². The Balaban J connectivity index is 1.58. The van der Waals surface area contributed by atoms with E-state index in [1.54, 1.807) is 0 Å². The number of carbonyl (C=O) groups excluding carboxylic acids is 2. The largest absolute Gasteiger partial charge is 0.451 e. The number of halogens is 1. The lowest BCUT2D eigenvalue weighted by atomic mass is 10.00. The van der Waals surface area contributed by atoms with E-state index < -0.39 is 0 Å². The van der Waals surface area contributed by atoms with E-state index in [1.807, 2.05) is 30.0 Å². The van der Waals surface area contributed by atoms with Gasteiger partial charge in [-0.15, -0.1) is 0 Å². The molecule has 1 aromatic carbocycles. The summed E-state index contributed by atoms with van der Waals surface area (Å²) in [5.74, 6) is 0.707. The first-order chi connectivity index (χ1) is 12.0. The Morgan fingerprint density at radius 2 is 2.20 bits per heavy atom. The van der Waals surface area contributed by atoms with Crippen LogP contribution in [0.15, 0.2) is 27.1 Å². The minimum Gasteiger partial charge on any atom is -0.451 e. The van der Waals surface area contributed by atoms with E-state index in [9.17, 15) is 9.59 Å². The van der Waals surface area contributed by atoms with Gasteiger partial charge in [-0.3, -0.25) is 9.59 Å². The van der Waals surface area contributed by atoms with Crippen molar-refractivity contribution < 1.29 is 14.0 Å². The zero-order valence-electron chi connectivity index (χ0n) is 14.6. The van der Waals surface area contributed by atoms with Crippen LogP contribution in [-0.4, -0.2) is 36.3 Å². The number of nitrogens with one attached hydrogen (secondary N) is 1. The van der Waals surface area contributed by atoms with Crippen LogP contribution in [-0.2, 0) is 4.79 Å². The summed E-state index contributed by atoms with van der Waals surface area (Å²) in [4.78, 5) is 26.5. The maximum atomic E-state index is 12.4. The standard InChI is InChI=1S/C19H23BrN2O3/c1-12-4-3-9-22(11-12)17(23)7-8-21-19(24)18-13(2)15-10-14(20)5-6-16(15)25-18/h5-6,10,12H,3-4,7-9,11H2,1-2H3,(H,21,24). The highest BCUT2D eigenvalue weighted by atomic mass is 79.9. The molecule has 134 valence electrons. The fourth-order valence-corrected chi connectivity index (χ4v) is 3.71. The quantitative estimate of drug-likeness (QED) is 0.837. The number of aryl methyl sites for hydroxylation is 1. The van der Waals surface area contributed by atoms with Gasteiger partial charge in [-0.05, 0) is 43.9 Å². The lowest BCUT2D eigenvalue weighted by molar-refractivity contribution is -0.132. The lowest BCUT2D eigenvalue weighted by Gasteiger charge is -2.31. The van der Waals surface area contributed by atoms with Crippen molar-refractivity contribution in [3.05, 3.63) is 34.0 Å². The Labute approximate surface area is 155 Å². The molecule has 6 heteroatoms. The minimum absolute atomic E-state index is 0.108. The van der Waals surface area contributed by atoms with E-state index in [0.29, 0.717) is 30.2 Å². The highest BCUT2D eigenvalue weighted by Gasteiger charge is 2.21. The van der Waals surface area contributed by atoms with Crippen molar-refractivity contribution in [2.45, 2.75) is 33.1 Å². The lowest BCUT2D eigenvalue weighted by Crippen LogP contribution is -2.40. The van der Waals surface area contributed by atoms with Crippen LogP contribution in [0, 0.1) is 12.8 Å². The van der Waals surface area contributed by atoms with Crippen LogP contribution in [0.2, 0.25) is 0 Å². The number of hydrogen-bond acceptors (Lipinski definition) is 3. The molecule has 1 N–H and O–H groups in total. The molecule has 0 bridgehead atoms. The van der Waals surface area contributed by atoms with Crippen LogP contribution < -0.4 is 5.32 Å². The van der Waals surface area contributed by atoms with Gasteiger partial charge in [0, 0.05) is 41.5 Å². The van der Waals surface area contributed by atoms with E-state index >= 15 is 0 Å². The molecule has 2 heterocycles. The summed E-state index contributed by atoms with van der Waals surface area (Å²) in [6.07, 6.45) is 2.57. The highest BCUT2D eigenvalue weighted by molar-refractivity contribution is 9.10. The summed E-state index contributed by atoms with van der Waals surface area (Å²) in [6, 6.07) is 5.65. The average molecular weight is 407 g/mol. The van der Waals surface area contributed by atoms with E-state index in [2.05, 4.69) is 28.2 Å². The van der Waals surface area contributed by atoms with Gasteiger partial charge in [-0.1, -0.05) is 22.9 Å². The molecule has 5 nitrogen and oxygen atoms in total. The van der Waals surface area contributed by atoms with E-state index in [4.69, 9.17) is 4.42 Å². The smallest absolute Gasteiger partial charge is 0.287 e. The molecule has 0 radical (unpaired) electrons. The summed E-state index contributed by atoms with van der Waals surface area (Å²) in [7, 11) is 0. The normalized spacial score (nSPS) is 17.7. The van der Waals surface area contributed by atoms with Crippen LogP contribution in [0.25, 0.3) is 11.0 Å². The molecule has 1 atom stereocenters. The minimum atomic E-state index is -0.273. The molecular formula is C19H23BrN2O3. The number of amides is 2. The van der Waals surface area contributed by atoms with Gasteiger partial charge >= 0.3 is 0 Å². The summed E-state index contributed by atoms with van der Waals surface area (Å²) in [5, 5.41) is 3.72. The fraction of sp³-hybridized carbons (Fsp3) is 0.474. The molecule has 0 saturated carbocycles. The first kappa shape index (κ1) is 18.0. The van der Waals surface area contributed by atoms with E-state index in [-0.39, 0.29) is 11.8 Å². The maximum Gasteiger partial charge on any atom is 0.287 e. The Kier molecular flexibility index (Phi) is 5.47. The van der Waals surface area contributed by atoms with Gasteiger partial charge in [0.25, 0.3) is 5.91 Å². The van der Waals surface area contributed by atoms with Gasteiger partial charge in [0.2, 0.25) is 5.91 Å². The monoisotopic (exact) mass is 406 g/mol. The number of likely N-dealkylation sites (tertiary alicyclic amines) is 1. The van der Waals surface area contributed by atoms with Crippen LogP contribution in [0.3, 0.4) is 0 Å². The fourth-order valence-electron chi connectivity index (χ4n) is 3.35. The van der Waals surface area contributed by atoms with Crippen LogP contribution in [0.4, 0.5) is 0 Å². The topological polar surface area (TPSA) is 62.6 Å². The number of furan rings is 1. The Hall–Kier alpha value is -1.82. The second kappa shape index (κ2) is 7.60. The number of piperidine rings is 1. The molecule has 0 aliphatic carbocycles. The molecule has 1 aliphatic rings. The number of hydrogen-bond donors (Lipinski definition) is 1. The third-order valence-electron chi connectivity index (χ3n) is 4.74. The van der Waals surface area contributed by atoms with Crippen LogP contribution in [0.1, 0.15) is 42.3 Å². The second-order valence-electron chi connectivity index (χ2n) is 6.79. The zero-order chi connectivity index (χ0) is 18.0. The molecule has 1 saturated heterocycles. The average Bonchev–Trinajstić information content (AvgIpc) is 2.91. The van der Waals surface area contributed by atoms with Crippen LogP contribution in [0.5, 0.6) is 0 Å². The third kappa shape index (κ3) is 4.06. The van der Waals surface area contributed by atoms with Crippen LogP contribution >= 0.6 is 15.9 Å². The van der Waals surface area contributed by atoms with Gasteiger partial charge < -0.3 is 14.6 Å². The first-order valence-corrected chi connectivity index (χ1v) is 9.49.